The average Bonchev–Trinajstić information content (AvgIpc) is 3.18. The van der Waals surface area contributed by atoms with Crippen LogP contribution < -0.4 is 10.9 Å². The number of hydrogen-bond acceptors (Lipinski definition) is 4. The molecule has 1 unspecified atom stereocenters. The molecule has 2 aromatic carbocycles. The van der Waals surface area contributed by atoms with Crippen molar-refractivity contribution >= 4 is 38.5 Å². The van der Waals surface area contributed by atoms with Crippen molar-refractivity contribution in [2.24, 2.45) is 4.99 Å². The van der Waals surface area contributed by atoms with Gasteiger partial charge in [-0.25, -0.2) is 13.8 Å². The van der Waals surface area contributed by atoms with Gasteiger partial charge in [0, 0.05) is 29.1 Å². The maximum Gasteiger partial charge on any atom is 0.256 e. The van der Waals surface area contributed by atoms with Crippen molar-refractivity contribution in [3.63, 3.8) is 0 Å². The number of hydrogen-bond donors (Lipinski definition) is 1. The molecule has 150 valence electrons. The van der Waals surface area contributed by atoms with Gasteiger partial charge in [-0.1, -0.05) is 15.9 Å². The van der Waals surface area contributed by atoms with E-state index < -0.39 is 17.5 Å². The summed E-state index contributed by atoms with van der Waals surface area (Å²) in [5.41, 5.74) is 0.628. The van der Waals surface area contributed by atoms with Gasteiger partial charge in [0.05, 0.1) is 11.8 Å². The maximum absolute atomic E-state index is 13.6. The molecule has 1 saturated heterocycles. The molecule has 0 bridgehead atoms. The number of benzene rings is 2. The summed E-state index contributed by atoms with van der Waals surface area (Å²) >= 11 is 3.39. The highest BCUT2D eigenvalue weighted by molar-refractivity contribution is 9.10. The zero-order valence-corrected chi connectivity index (χ0v) is 16.8. The second-order valence-electron chi connectivity index (χ2n) is 6.73. The van der Waals surface area contributed by atoms with E-state index in [9.17, 15) is 13.6 Å². The Balaban J connectivity index is 1.77. The number of nitrogens with zero attached hydrogens (tertiary/aromatic N) is 1. The minimum atomic E-state index is -0.766. The van der Waals surface area contributed by atoms with Gasteiger partial charge in [-0.2, -0.15) is 0 Å². The molecule has 1 amide bonds. The Kier molecular flexibility index (Phi) is 5.73. The van der Waals surface area contributed by atoms with Crippen molar-refractivity contribution in [1.29, 1.82) is 0 Å². The van der Waals surface area contributed by atoms with E-state index in [0.29, 0.717) is 24.1 Å². The topological polar surface area (TPSA) is 63.8 Å². The molecule has 4 rings (SSSR count). The SMILES string of the molecule is O=C(NCC1CCCO1)c1cc2cc(Br)ccc2oc1=Nc1cc(F)cc(F)c1. The third-order valence-corrected chi connectivity index (χ3v) is 5.04. The second-order valence-corrected chi connectivity index (χ2v) is 7.65. The van der Waals surface area contributed by atoms with Crippen LogP contribution in [0.5, 0.6) is 0 Å². The minimum absolute atomic E-state index is 0.0101. The molecule has 1 aliphatic heterocycles. The summed E-state index contributed by atoms with van der Waals surface area (Å²) in [6.07, 6.45) is 1.82. The Bertz CT molecular complexity index is 1120. The minimum Gasteiger partial charge on any atom is -0.438 e. The number of nitrogens with one attached hydrogen (secondary N) is 1. The fourth-order valence-corrected chi connectivity index (χ4v) is 3.55. The summed E-state index contributed by atoms with van der Waals surface area (Å²) in [7, 11) is 0. The first-order valence-electron chi connectivity index (χ1n) is 9.12. The molecule has 1 N–H and O–H groups in total. The van der Waals surface area contributed by atoms with E-state index >= 15 is 0 Å². The highest BCUT2D eigenvalue weighted by atomic mass is 79.9. The lowest BCUT2D eigenvalue weighted by molar-refractivity contribution is 0.0854. The maximum atomic E-state index is 13.6. The Morgan fingerprint density at radius 3 is 2.69 bits per heavy atom. The molecule has 3 aromatic rings. The third-order valence-electron chi connectivity index (χ3n) is 4.55. The highest BCUT2D eigenvalue weighted by Crippen LogP contribution is 2.21. The lowest BCUT2D eigenvalue weighted by Gasteiger charge is -2.11. The van der Waals surface area contributed by atoms with Crippen LogP contribution in [0.1, 0.15) is 23.2 Å². The zero-order chi connectivity index (χ0) is 20.4. The van der Waals surface area contributed by atoms with Crippen LogP contribution in [-0.2, 0) is 4.74 Å². The van der Waals surface area contributed by atoms with Crippen LogP contribution in [-0.4, -0.2) is 25.2 Å². The molecule has 1 atom stereocenters. The van der Waals surface area contributed by atoms with Crippen molar-refractivity contribution in [2.45, 2.75) is 18.9 Å². The standard InChI is InChI=1S/C21H17BrF2N2O3/c22-13-3-4-19-12(6-13)7-18(20(27)25-11-17-2-1-5-28-17)21(29-19)26-16-9-14(23)8-15(24)10-16/h3-4,6-10,17H,1-2,5,11H2,(H,25,27). The summed E-state index contributed by atoms with van der Waals surface area (Å²) in [5.74, 6) is -1.93. The number of amides is 1. The predicted molar refractivity (Wildman–Crippen MR) is 107 cm³/mol. The van der Waals surface area contributed by atoms with Crippen LogP contribution in [0, 0.1) is 11.6 Å². The van der Waals surface area contributed by atoms with Crippen molar-refractivity contribution in [1.82, 2.24) is 5.32 Å². The highest BCUT2D eigenvalue weighted by Gasteiger charge is 2.18. The second kappa shape index (κ2) is 8.42. The molecular formula is C21H17BrF2N2O3. The summed E-state index contributed by atoms with van der Waals surface area (Å²) in [4.78, 5) is 17.0. The number of carbonyl (C=O) groups is 1. The quantitative estimate of drug-likeness (QED) is 0.615. The van der Waals surface area contributed by atoms with Gasteiger partial charge in [-0.05, 0) is 49.2 Å². The summed E-state index contributed by atoms with van der Waals surface area (Å²) in [6, 6.07) is 9.84. The molecule has 0 saturated carbocycles. The first kappa shape index (κ1) is 19.7. The molecule has 1 fully saturated rings. The third kappa shape index (κ3) is 4.71. The van der Waals surface area contributed by atoms with Gasteiger partial charge in [0.2, 0.25) is 5.55 Å². The van der Waals surface area contributed by atoms with Gasteiger partial charge in [-0.3, -0.25) is 4.79 Å². The molecule has 1 aromatic heterocycles. The molecular weight excluding hydrogens is 446 g/mol. The first-order chi connectivity index (χ1) is 14.0. The van der Waals surface area contributed by atoms with E-state index in [1.54, 1.807) is 24.3 Å². The Morgan fingerprint density at radius 2 is 1.97 bits per heavy atom. The monoisotopic (exact) mass is 462 g/mol. The number of rotatable bonds is 4. The molecule has 1 aliphatic rings. The number of ether oxygens (including phenoxy) is 1. The fourth-order valence-electron chi connectivity index (χ4n) is 3.18. The molecule has 5 nitrogen and oxygen atoms in total. The van der Waals surface area contributed by atoms with Gasteiger partial charge < -0.3 is 14.5 Å². The smallest absolute Gasteiger partial charge is 0.256 e. The Hall–Kier alpha value is -2.58. The van der Waals surface area contributed by atoms with E-state index in [-0.39, 0.29) is 22.9 Å². The molecule has 0 spiro atoms. The van der Waals surface area contributed by atoms with Crippen LogP contribution in [0.4, 0.5) is 14.5 Å². The van der Waals surface area contributed by atoms with Gasteiger partial charge in [0.25, 0.3) is 5.91 Å². The van der Waals surface area contributed by atoms with Crippen LogP contribution >= 0.6 is 15.9 Å². The molecule has 8 heteroatoms. The first-order valence-corrected chi connectivity index (χ1v) is 9.91. The van der Waals surface area contributed by atoms with E-state index in [2.05, 4.69) is 26.2 Å². The van der Waals surface area contributed by atoms with E-state index in [4.69, 9.17) is 9.15 Å². The molecule has 0 aliphatic carbocycles. The van der Waals surface area contributed by atoms with E-state index in [0.717, 1.165) is 35.5 Å². The van der Waals surface area contributed by atoms with Crippen LogP contribution in [0.3, 0.4) is 0 Å². The van der Waals surface area contributed by atoms with Gasteiger partial charge in [-0.15, -0.1) is 0 Å². The number of carbonyl (C=O) groups excluding carboxylic acids is 1. The average molecular weight is 463 g/mol. The molecule has 0 radical (unpaired) electrons. The Morgan fingerprint density at radius 1 is 1.17 bits per heavy atom. The van der Waals surface area contributed by atoms with Crippen molar-refractivity contribution in [3.8, 4) is 0 Å². The zero-order valence-electron chi connectivity index (χ0n) is 15.3. The van der Waals surface area contributed by atoms with Crippen LogP contribution in [0.2, 0.25) is 0 Å². The van der Waals surface area contributed by atoms with Crippen molar-refractivity contribution < 1.29 is 22.7 Å². The summed E-state index contributed by atoms with van der Waals surface area (Å²) < 4.78 is 39.3. The Labute approximate surface area is 173 Å². The summed E-state index contributed by atoms with van der Waals surface area (Å²) in [5, 5.41) is 3.51. The predicted octanol–water partition coefficient (Wildman–Crippen LogP) is 4.61. The van der Waals surface area contributed by atoms with E-state index in [1.807, 2.05) is 0 Å². The molecule has 2 heterocycles. The number of halogens is 3. The number of fused-ring (bicyclic) bond motifs is 1. The van der Waals surface area contributed by atoms with E-state index in [1.165, 1.54) is 0 Å². The van der Waals surface area contributed by atoms with Crippen LogP contribution in [0.15, 0.2) is 56.3 Å². The van der Waals surface area contributed by atoms with Gasteiger partial charge >= 0.3 is 0 Å². The summed E-state index contributed by atoms with van der Waals surface area (Å²) in [6.45, 7) is 1.05. The lowest BCUT2D eigenvalue weighted by Crippen LogP contribution is -2.34. The van der Waals surface area contributed by atoms with Crippen molar-refractivity contribution in [3.05, 3.63) is 69.7 Å². The van der Waals surface area contributed by atoms with Gasteiger partial charge in [0.1, 0.15) is 22.8 Å². The largest absolute Gasteiger partial charge is 0.438 e. The molecule has 29 heavy (non-hydrogen) atoms. The normalized spacial score (nSPS) is 17.1. The fraction of sp³-hybridized carbons (Fsp3) is 0.238. The lowest BCUT2D eigenvalue weighted by atomic mass is 10.1. The van der Waals surface area contributed by atoms with Gasteiger partial charge in [0.15, 0.2) is 0 Å². The van der Waals surface area contributed by atoms with Crippen LogP contribution in [0.25, 0.3) is 11.0 Å². The van der Waals surface area contributed by atoms with Crippen molar-refractivity contribution in [2.75, 3.05) is 13.2 Å².